The predicted octanol–water partition coefficient (Wildman–Crippen LogP) is 3.52. The molecule has 0 N–H and O–H groups in total. The molecule has 4 aromatic rings. The number of aromatic nitrogens is 3. The Morgan fingerprint density at radius 2 is 1.95 bits per heavy atom. The molecule has 0 bridgehead atoms. The van der Waals surface area contributed by atoms with Gasteiger partial charge in [-0.2, -0.15) is 4.57 Å². The molecule has 0 saturated carbocycles. The highest BCUT2D eigenvalue weighted by molar-refractivity contribution is 6.06. The summed E-state index contributed by atoms with van der Waals surface area (Å²) < 4.78 is 32.2. The molecule has 0 aliphatic heterocycles. The molecule has 0 spiro atoms. The van der Waals surface area contributed by atoms with Gasteiger partial charge in [-0.05, 0) is 32.0 Å². The van der Waals surface area contributed by atoms with Crippen molar-refractivity contribution in [3.8, 4) is 5.69 Å². The van der Waals surface area contributed by atoms with Crippen molar-refractivity contribution in [2.24, 2.45) is 6.98 Å². The summed E-state index contributed by atoms with van der Waals surface area (Å²) in [6.45, 7) is 3.48. The molecule has 0 aliphatic rings. The van der Waals surface area contributed by atoms with E-state index in [1.54, 1.807) is 19.3 Å². The van der Waals surface area contributed by atoms with E-state index < -0.39 is 6.98 Å². The third-order valence-electron chi connectivity index (χ3n) is 4.12. The van der Waals surface area contributed by atoms with Gasteiger partial charge in [0.15, 0.2) is 11.3 Å². The number of rotatable bonds is 1. The lowest BCUT2D eigenvalue weighted by molar-refractivity contribution is -0.677. The molecule has 3 heterocycles. The Hall–Kier alpha value is -2.62. The summed E-state index contributed by atoms with van der Waals surface area (Å²) in [5.41, 5.74) is 4.04. The average Bonchev–Trinajstić information content (AvgIpc) is 3.07. The largest absolute Gasteiger partial charge is 0.433 e. The van der Waals surface area contributed by atoms with Crippen molar-refractivity contribution >= 4 is 22.1 Å². The standard InChI is InChI=1S/C18H18N3O/c1-11-5-7-14-15-8-6-12(2)19-18(15)22-17(14)16(11)21-10-9-20(4)13(21)3/h5-10H,1-4H3/q+1/i4D3. The second kappa shape index (κ2) is 4.44. The zero-order valence-corrected chi connectivity index (χ0v) is 12.7. The fraction of sp³-hybridized carbons (Fsp3) is 0.222. The van der Waals surface area contributed by atoms with Gasteiger partial charge in [-0.3, -0.25) is 0 Å². The number of hydrogen-bond acceptors (Lipinski definition) is 2. The number of imidazole rings is 1. The summed E-state index contributed by atoms with van der Waals surface area (Å²) in [7, 11) is 0. The van der Waals surface area contributed by atoms with E-state index in [1.807, 2.05) is 42.7 Å². The predicted molar refractivity (Wildman–Crippen MR) is 86.2 cm³/mol. The lowest BCUT2D eigenvalue weighted by Crippen LogP contribution is -2.29. The highest BCUT2D eigenvalue weighted by Gasteiger charge is 2.21. The molecule has 22 heavy (non-hydrogen) atoms. The summed E-state index contributed by atoms with van der Waals surface area (Å²) in [6, 6.07) is 8.01. The molecule has 110 valence electrons. The Kier molecular flexibility index (Phi) is 2.05. The maximum atomic E-state index is 7.67. The zero-order valence-electron chi connectivity index (χ0n) is 15.7. The average molecular weight is 295 g/mol. The second-order valence-corrected chi connectivity index (χ2v) is 5.60. The lowest BCUT2D eigenvalue weighted by atomic mass is 10.1. The molecular formula is C18H18N3O+. The summed E-state index contributed by atoms with van der Waals surface area (Å²) in [5.74, 6) is 0.611. The first-order valence-electron chi connectivity index (χ1n) is 8.67. The van der Waals surface area contributed by atoms with Gasteiger partial charge in [0.05, 0.1) is 11.1 Å². The van der Waals surface area contributed by atoms with E-state index in [4.69, 9.17) is 8.53 Å². The molecule has 4 nitrogen and oxygen atoms in total. The zero-order chi connectivity index (χ0) is 17.9. The van der Waals surface area contributed by atoms with Gasteiger partial charge in [-0.1, -0.05) is 6.07 Å². The Balaban J connectivity index is 2.07. The van der Waals surface area contributed by atoms with Crippen molar-refractivity contribution in [1.82, 2.24) is 9.55 Å². The highest BCUT2D eigenvalue weighted by Crippen LogP contribution is 2.33. The Labute approximate surface area is 132 Å². The number of fused-ring (bicyclic) bond motifs is 3. The topological polar surface area (TPSA) is 34.8 Å². The van der Waals surface area contributed by atoms with Gasteiger partial charge in [0.25, 0.3) is 5.82 Å². The second-order valence-electron chi connectivity index (χ2n) is 5.60. The summed E-state index contributed by atoms with van der Waals surface area (Å²) >= 11 is 0. The number of furan rings is 1. The molecule has 0 radical (unpaired) electrons. The quantitative estimate of drug-likeness (QED) is 0.504. The Morgan fingerprint density at radius 1 is 1.14 bits per heavy atom. The molecule has 4 heteroatoms. The van der Waals surface area contributed by atoms with Crippen LogP contribution < -0.4 is 4.57 Å². The van der Waals surface area contributed by atoms with Gasteiger partial charge in [0.1, 0.15) is 12.4 Å². The van der Waals surface area contributed by atoms with Crippen molar-refractivity contribution in [3.63, 3.8) is 0 Å². The van der Waals surface area contributed by atoms with Crippen LogP contribution in [0.4, 0.5) is 0 Å². The van der Waals surface area contributed by atoms with E-state index in [0.717, 1.165) is 27.7 Å². The van der Waals surface area contributed by atoms with Crippen LogP contribution in [0.1, 0.15) is 21.2 Å². The summed E-state index contributed by atoms with van der Waals surface area (Å²) in [5, 5.41) is 1.92. The fourth-order valence-corrected chi connectivity index (χ4v) is 2.90. The van der Waals surface area contributed by atoms with E-state index in [2.05, 4.69) is 4.98 Å². The van der Waals surface area contributed by atoms with Crippen LogP contribution in [0, 0.1) is 20.8 Å². The van der Waals surface area contributed by atoms with E-state index in [9.17, 15) is 0 Å². The smallest absolute Gasteiger partial charge is 0.258 e. The summed E-state index contributed by atoms with van der Waals surface area (Å²) in [4.78, 5) is 4.47. The van der Waals surface area contributed by atoms with Crippen molar-refractivity contribution in [2.75, 3.05) is 0 Å². The van der Waals surface area contributed by atoms with Gasteiger partial charge in [0.2, 0.25) is 5.71 Å². The van der Waals surface area contributed by atoms with E-state index in [0.29, 0.717) is 17.1 Å². The van der Waals surface area contributed by atoms with Crippen LogP contribution in [0.15, 0.2) is 41.1 Å². The molecule has 0 aliphatic carbocycles. The molecular weight excluding hydrogens is 274 g/mol. The molecule has 3 aromatic heterocycles. The van der Waals surface area contributed by atoms with Gasteiger partial charge in [-0.25, -0.2) is 9.55 Å². The van der Waals surface area contributed by atoms with Crippen molar-refractivity contribution in [2.45, 2.75) is 20.8 Å². The van der Waals surface area contributed by atoms with Crippen molar-refractivity contribution in [1.29, 1.82) is 0 Å². The molecule has 0 unspecified atom stereocenters. The van der Waals surface area contributed by atoms with E-state index >= 15 is 0 Å². The molecule has 0 fully saturated rings. The molecule has 0 atom stereocenters. The molecule has 0 saturated heterocycles. The number of benzene rings is 1. The minimum Gasteiger partial charge on any atom is -0.433 e. The van der Waals surface area contributed by atoms with Crippen LogP contribution in [0.3, 0.4) is 0 Å². The number of pyridine rings is 1. The summed E-state index contributed by atoms with van der Waals surface area (Å²) in [6.07, 6.45) is 3.33. The third kappa shape index (κ3) is 1.70. The maximum Gasteiger partial charge on any atom is 0.258 e. The molecule has 4 rings (SSSR count). The van der Waals surface area contributed by atoms with Gasteiger partial charge >= 0.3 is 0 Å². The number of aryl methyl sites for hydroxylation is 3. The molecule has 0 amide bonds. The van der Waals surface area contributed by atoms with Crippen LogP contribution >= 0.6 is 0 Å². The number of nitrogens with zero attached hydrogens (tertiary/aromatic N) is 3. The lowest BCUT2D eigenvalue weighted by Gasteiger charge is -2.03. The highest BCUT2D eigenvalue weighted by atomic mass is 16.3. The minimum atomic E-state index is -2.22. The van der Waals surface area contributed by atoms with Crippen LogP contribution in [-0.4, -0.2) is 9.55 Å². The third-order valence-corrected chi connectivity index (χ3v) is 4.12. The van der Waals surface area contributed by atoms with Gasteiger partial charge in [0, 0.05) is 29.0 Å². The van der Waals surface area contributed by atoms with Gasteiger partial charge in [-0.15, -0.1) is 0 Å². The minimum absolute atomic E-state index is 0.593. The van der Waals surface area contributed by atoms with E-state index in [1.165, 1.54) is 4.57 Å². The fourth-order valence-electron chi connectivity index (χ4n) is 2.90. The Bertz CT molecular complexity index is 1120. The Morgan fingerprint density at radius 3 is 2.73 bits per heavy atom. The first-order valence-corrected chi connectivity index (χ1v) is 7.17. The normalized spacial score (nSPS) is 14.2. The van der Waals surface area contributed by atoms with E-state index in [-0.39, 0.29) is 0 Å². The van der Waals surface area contributed by atoms with Crippen LogP contribution in [-0.2, 0) is 6.98 Å². The van der Waals surface area contributed by atoms with Crippen molar-refractivity contribution < 1.29 is 13.1 Å². The van der Waals surface area contributed by atoms with Crippen LogP contribution in [0.2, 0.25) is 0 Å². The first kappa shape index (κ1) is 10.2. The maximum absolute atomic E-state index is 7.67. The van der Waals surface area contributed by atoms with Crippen molar-refractivity contribution in [3.05, 3.63) is 53.7 Å². The first-order chi connectivity index (χ1) is 11.8. The molecule has 1 aromatic carbocycles. The van der Waals surface area contributed by atoms with Crippen LogP contribution in [0.5, 0.6) is 0 Å². The van der Waals surface area contributed by atoms with Crippen LogP contribution in [0.25, 0.3) is 27.8 Å². The number of hydrogen-bond donors (Lipinski definition) is 0. The monoisotopic (exact) mass is 295 g/mol. The van der Waals surface area contributed by atoms with Gasteiger partial charge < -0.3 is 4.42 Å². The SMILES string of the molecule is [2H]C([2H])([2H])[n+]1ccn(-c2c(C)ccc3c2oc2nc(C)ccc23)c1C.